The fourth-order valence-corrected chi connectivity index (χ4v) is 3.26. The molecule has 148 valence electrons. The summed E-state index contributed by atoms with van der Waals surface area (Å²) < 4.78 is 11.2. The average Bonchev–Trinajstić information content (AvgIpc) is 3.09. The van der Waals surface area contributed by atoms with Gasteiger partial charge >= 0.3 is 6.09 Å². The molecule has 1 N–H and O–H groups in total. The summed E-state index contributed by atoms with van der Waals surface area (Å²) in [5.41, 5.74) is 0.426. The molecule has 3 rings (SSSR count). The Balaban J connectivity index is 1.66. The van der Waals surface area contributed by atoms with Crippen molar-refractivity contribution in [3.05, 3.63) is 72.3 Å². The van der Waals surface area contributed by atoms with Crippen molar-refractivity contribution in [2.45, 2.75) is 45.3 Å². The van der Waals surface area contributed by atoms with Crippen LogP contribution in [-0.4, -0.2) is 28.0 Å². The van der Waals surface area contributed by atoms with Crippen LogP contribution in [0, 0.1) is 5.92 Å². The zero-order valence-electron chi connectivity index (χ0n) is 16.5. The van der Waals surface area contributed by atoms with Gasteiger partial charge in [-0.2, -0.15) is 5.06 Å². The average molecular weight is 381 g/mol. The first-order valence-corrected chi connectivity index (χ1v) is 9.51. The van der Waals surface area contributed by atoms with Crippen LogP contribution < -0.4 is 4.74 Å². The van der Waals surface area contributed by atoms with Gasteiger partial charge in [0.1, 0.15) is 17.1 Å². The summed E-state index contributed by atoms with van der Waals surface area (Å²) in [5, 5.41) is 11.1. The molecule has 5 heteroatoms. The van der Waals surface area contributed by atoms with Crippen LogP contribution in [0.5, 0.6) is 11.5 Å². The fraction of sp³-hybridized carbons (Fsp3) is 0.348. The van der Waals surface area contributed by atoms with Gasteiger partial charge in [0, 0.05) is 5.92 Å². The van der Waals surface area contributed by atoms with Crippen molar-refractivity contribution >= 4 is 6.09 Å². The molecule has 0 radical (unpaired) electrons. The Morgan fingerprint density at radius 2 is 1.82 bits per heavy atom. The summed E-state index contributed by atoms with van der Waals surface area (Å²) in [7, 11) is 0. The number of hydrogen-bond acceptors (Lipinski definition) is 4. The molecule has 0 bridgehead atoms. The number of rotatable bonds is 5. The van der Waals surface area contributed by atoms with E-state index in [-0.39, 0.29) is 12.0 Å². The Bertz CT molecular complexity index is 826. The van der Waals surface area contributed by atoms with E-state index in [1.54, 1.807) is 20.8 Å². The molecule has 0 aromatic heterocycles. The first-order valence-electron chi connectivity index (χ1n) is 9.51. The number of para-hydroxylation sites is 1. The topological polar surface area (TPSA) is 59.0 Å². The molecule has 0 aliphatic heterocycles. The van der Waals surface area contributed by atoms with Gasteiger partial charge in [-0.1, -0.05) is 42.5 Å². The normalized spacial score (nSPS) is 18.7. The number of nitrogens with zero attached hydrogens (tertiary/aromatic N) is 1. The second-order valence-electron chi connectivity index (χ2n) is 7.99. The van der Waals surface area contributed by atoms with Gasteiger partial charge in [-0.3, -0.25) is 5.21 Å². The van der Waals surface area contributed by atoms with E-state index in [1.165, 1.54) is 0 Å². The summed E-state index contributed by atoms with van der Waals surface area (Å²) in [6.07, 6.45) is 4.61. The van der Waals surface area contributed by atoms with Crippen LogP contribution in [0.3, 0.4) is 0 Å². The molecule has 1 amide bonds. The standard InChI is InChI=1S/C23H27NO4/c1-23(2,3)28-22(25)24(26)21-14-8-10-18(21)15-17-9-7-13-20(16-17)27-19-11-5-4-6-12-19/h4-13,16,18,21,26H,14-15H2,1-3H3/t18-,21+/m1/s1. The summed E-state index contributed by atoms with van der Waals surface area (Å²) >= 11 is 0. The second-order valence-corrected chi connectivity index (χ2v) is 7.99. The number of ether oxygens (including phenoxy) is 2. The molecule has 2 aromatic rings. The number of amides is 1. The fourth-order valence-electron chi connectivity index (χ4n) is 3.26. The minimum atomic E-state index is -0.715. The highest BCUT2D eigenvalue weighted by molar-refractivity contribution is 5.67. The number of hydroxylamine groups is 2. The van der Waals surface area contributed by atoms with E-state index in [4.69, 9.17) is 9.47 Å². The van der Waals surface area contributed by atoms with Gasteiger partial charge in [-0.25, -0.2) is 4.79 Å². The van der Waals surface area contributed by atoms with E-state index >= 15 is 0 Å². The van der Waals surface area contributed by atoms with Gasteiger partial charge in [0.2, 0.25) is 0 Å². The molecule has 5 nitrogen and oxygen atoms in total. The third kappa shape index (κ3) is 5.36. The molecule has 2 atom stereocenters. The van der Waals surface area contributed by atoms with E-state index in [2.05, 4.69) is 0 Å². The third-order valence-corrected chi connectivity index (χ3v) is 4.50. The quantitative estimate of drug-likeness (QED) is 0.416. The predicted octanol–water partition coefficient (Wildman–Crippen LogP) is 5.59. The highest BCUT2D eigenvalue weighted by Gasteiger charge is 2.33. The Labute approximate surface area is 166 Å². The van der Waals surface area contributed by atoms with Gasteiger partial charge in [0.05, 0.1) is 6.04 Å². The van der Waals surface area contributed by atoms with Crippen LogP contribution in [0.25, 0.3) is 0 Å². The van der Waals surface area contributed by atoms with E-state index in [9.17, 15) is 10.0 Å². The van der Waals surface area contributed by atoms with Gasteiger partial charge in [-0.05, 0) is 63.4 Å². The van der Waals surface area contributed by atoms with Crippen LogP contribution in [0.15, 0.2) is 66.7 Å². The lowest BCUT2D eigenvalue weighted by molar-refractivity contribution is -0.125. The molecular weight excluding hydrogens is 354 g/mol. The largest absolute Gasteiger partial charge is 0.457 e. The maximum atomic E-state index is 12.2. The van der Waals surface area contributed by atoms with Crippen molar-refractivity contribution in [3.8, 4) is 11.5 Å². The van der Waals surface area contributed by atoms with Crippen LogP contribution >= 0.6 is 0 Å². The molecule has 0 spiro atoms. The maximum absolute atomic E-state index is 12.2. The predicted molar refractivity (Wildman–Crippen MR) is 108 cm³/mol. The Kier molecular flexibility index (Phi) is 6.05. The summed E-state index contributed by atoms with van der Waals surface area (Å²) in [4.78, 5) is 12.2. The van der Waals surface area contributed by atoms with Crippen molar-refractivity contribution in [1.29, 1.82) is 0 Å². The molecule has 0 saturated heterocycles. The number of hydrogen-bond donors (Lipinski definition) is 1. The molecule has 1 aliphatic rings. The Hall–Kier alpha value is -2.79. The third-order valence-electron chi connectivity index (χ3n) is 4.50. The summed E-state index contributed by atoms with van der Waals surface area (Å²) in [6.45, 7) is 5.34. The van der Waals surface area contributed by atoms with Crippen LogP contribution in [0.2, 0.25) is 0 Å². The van der Waals surface area contributed by atoms with E-state index < -0.39 is 11.7 Å². The SMILES string of the molecule is CC(C)(C)OC(=O)N(O)[C@H]1CC=C[C@@H]1Cc1cccc(Oc2ccccc2)c1. The molecule has 1 aliphatic carbocycles. The van der Waals surface area contributed by atoms with E-state index in [1.807, 2.05) is 66.7 Å². The van der Waals surface area contributed by atoms with Crippen molar-refractivity contribution in [2.24, 2.45) is 5.92 Å². The summed E-state index contributed by atoms with van der Waals surface area (Å²) in [6, 6.07) is 17.2. The lowest BCUT2D eigenvalue weighted by Crippen LogP contribution is -2.43. The second kappa shape index (κ2) is 8.48. The molecule has 0 saturated carbocycles. The lowest BCUT2D eigenvalue weighted by atomic mass is 9.94. The smallest absolute Gasteiger partial charge is 0.434 e. The molecule has 2 aromatic carbocycles. The van der Waals surface area contributed by atoms with E-state index in [0.29, 0.717) is 12.8 Å². The number of carbonyl (C=O) groups excluding carboxylic acids is 1. The van der Waals surface area contributed by atoms with Crippen LogP contribution in [0.1, 0.15) is 32.8 Å². The highest BCUT2D eigenvalue weighted by Crippen LogP contribution is 2.29. The highest BCUT2D eigenvalue weighted by atomic mass is 16.6. The van der Waals surface area contributed by atoms with Crippen molar-refractivity contribution in [2.75, 3.05) is 0 Å². The van der Waals surface area contributed by atoms with Crippen molar-refractivity contribution in [3.63, 3.8) is 0 Å². The summed E-state index contributed by atoms with van der Waals surface area (Å²) in [5.74, 6) is 1.55. The van der Waals surface area contributed by atoms with Crippen molar-refractivity contribution in [1.82, 2.24) is 5.06 Å². The Morgan fingerprint density at radius 1 is 1.11 bits per heavy atom. The van der Waals surface area contributed by atoms with Gasteiger partial charge < -0.3 is 9.47 Å². The molecule has 0 heterocycles. The van der Waals surface area contributed by atoms with Gasteiger partial charge in [-0.15, -0.1) is 0 Å². The first-order chi connectivity index (χ1) is 13.3. The zero-order chi connectivity index (χ0) is 20.1. The molecule has 0 unspecified atom stereocenters. The maximum Gasteiger partial charge on any atom is 0.434 e. The first kappa shape index (κ1) is 20.0. The zero-order valence-corrected chi connectivity index (χ0v) is 16.5. The molecule has 0 fully saturated rings. The monoisotopic (exact) mass is 381 g/mol. The van der Waals surface area contributed by atoms with Gasteiger partial charge in [0.15, 0.2) is 0 Å². The van der Waals surface area contributed by atoms with Crippen molar-refractivity contribution < 1.29 is 19.5 Å². The Morgan fingerprint density at radius 3 is 2.54 bits per heavy atom. The minimum Gasteiger partial charge on any atom is -0.457 e. The molecule has 28 heavy (non-hydrogen) atoms. The minimum absolute atomic E-state index is 0.00416. The van der Waals surface area contributed by atoms with Gasteiger partial charge in [0.25, 0.3) is 0 Å². The van der Waals surface area contributed by atoms with Crippen LogP contribution in [-0.2, 0) is 11.2 Å². The van der Waals surface area contributed by atoms with E-state index in [0.717, 1.165) is 22.1 Å². The number of carbonyl (C=O) groups is 1. The van der Waals surface area contributed by atoms with Crippen LogP contribution in [0.4, 0.5) is 4.79 Å². The molecular formula is C23H27NO4. The number of benzene rings is 2. The lowest BCUT2D eigenvalue weighted by Gasteiger charge is -2.30.